The van der Waals surface area contributed by atoms with Crippen LogP contribution in [0.2, 0.25) is 0 Å². The molecule has 2 atom stereocenters. The van der Waals surface area contributed by atoms with Crippen molar-refractivity contribution in [2.24, 2.45) is 0 Å². The van der Waals surface area contributed by atoms with Crippen molar-refractivity contribution in [3.8, 4) is 11.4 Å². The summed E-state index contributed by atoms with van der Waals surface area (Å²) in [5.41, 5.74) is 3.82. The minimum Gasteiger partial charge on any atom is -0.392 e. The predicted octanol–water partition coefficient (Wildman–Crippen LogP) is 1.67. The first-order valence-corrected chi connectivity index (χ1v) is 9.66. The van der Waals surface area contributed by atoms with Crippen LogP contribution in [0.15, 0.2) is 24.5 Å². The molecule has 146 valence electrons. The maximum atomic E-state index is 14.1. The second-order valence-corrected chi connectivity index (χ2v) is 7.43. The van der Waals surface area contributed by atoms with Crippen LogP contribution in [0.1, 0.15) is 36.4 Å². The molecule has 2 fully saturated rings. The lowest BCUT2D eigenvalue weighted by Crippen LogP contribution is -2.46. The molecule has 8 nitrogen and oxygen atoms in total. The first kappa shape index (κ1) is 17.4. The third-order valence-corrected chi connectivity index (χ3v) is 5.37. The topological polar surface area (TPSA) is 100 Å². The minimum atomic E-state index is -0.927. The molecule has 1 aliphatic heterocycles. The molecule has 0 bridgehead atoms. The van der Waals surface area contributed by atoms with Crippen molar-refractivity contribution in [2.45, 2.75) is 44.0 Å². The normalized spacial score (nSPS) is 22.5. The lowest BCUT2D eigenvalue weighted by molar-refractivity contribution is 0.240. The molecule has 5 rings (SSSR count). The molecule has 2 aliphatic rings. The van der Waals surface area contributed by atoms with Crippen molar-refractivity contribution < 1.29 is 9.50 Å². The van der Waals surface area contributed by atoms with E-state index in [-0.39, 0.29) is 12.6 Å². The third-order valence-electron chi connectivity index (χ3n) is 5.37. The summed E-state index contributed by atoms with van der Waals surface area (Å²) in [7, 11) is 0. The molecular weight excluding hydrogens is 361 g/mol. The van der Waals surface area contributed by atoms with Crippen molar-refractivity contribution >= 4 is 11.6 Å². The Morgan fingerprint density at radius 3 is 2.96 bits per heavy atom. The highest BCUT2D eigenvalue weighted by atomic mass is 19.1. The van der Waals surface area contributed by atoms with Gasteiger partial charge in [-0.3, -0.25) is 0 Å². The van der Waals surface area contributed by atoms with Crippen LogP contribution in [0.4, 0.5) is 10.3 Å². The third kappa shape index (κ3) is 3.20. The van der Waals surface area contributed by atoms with Crippen LogP contribution in [0.25, 0.3) is 17.0 Å². The van der Waals surface area contributed by atoms with Gasteiger partial charge in [0.15, 0.2) is 5.65 Å². The molecule has 0 unspecified atom stereocenters. The second kappa shape index (κ2) is 7.06. The number of aliphatic hydroxyl groups excluding tert-OH is 1. The van der Waals surface area contributed by atoms with Crippen LogP contribution in [-0.4, -0.2) is 55.0 Å². The average molecular weight is 383 g/mol. The van der Waals surface area contributed by atoms with E-state index in [1.165, 1.54) is 0 Å². The number of piperidine rings is 1. The van der Waals surface area contributed by atoms with Gasteiger partial charge in [0.2, 0.25) is 5.95 Å². The van der Waals surface area contributed by atoms with E-state index in [9.17, 15) is 9.50 Å². The first-order valence-electron chi connectivity index (χ1n) is 9.66. The van der Waals surface area contributed by atoms with Gasteiger partial charge in [0.25, 0.3) is 0 Å². The van der Waals surface area contributed by atoms with E-state index >= 15 is 0 Å². The quantitative estimate of drug-likeness (QED) is 0.616. The van der Waals surface area contributed by atoms with Crippen LogP contribution < -0.4 is 10.6 Å². The Hall–Kier alpha value is -2.65. The van der Waals surface area contributed by atoms with Crippen LogP contribution in [-0.2, 0) is 6.61 Å². The maximum Gasteiger partial charge on any atom is 0.223 e. The number of anilines is 1. The summed E-state index contributed by atoms with van der Waals surface area (Å²) in [5.74, 6) is 0.794. The number of nitrogens with one attached hydrogen (secondary N) is 2. The van der Waals surface area contributed by atoms with E-state index < -0.39 is 6.17 Å². The zero-order valence-electron chi connectivity index (χ0n) is 15.3. The average Bonchev–Trinajstić information content (AvgIpc) is 3.48. The van der Waals surface area contributed by atoms with Gasteiger partial charge in [-0.25, -0.2) is 23.9 Å². The number of nitrogens with zero attached hydrogens (tertiary/aromatic N) is 5. The van der Waals surface area contributed by atoms with Gasteiger partial charge in [-0.1, -0.05) is 0 Å². The summed E-state index contributed by atoms with van der Waals surface area (Å²) >= 11 is 0. The molecule has 0 amide bonds. The van der Waals surface area contributed by atoms with Crippen molar-refractivity contribution in [1.29, 1.82) is 0 Å². The van der Waals surface area contributed by atoms with Gasteiger partial charge in [0.1, 0.15) is 11.9 Å². The zero-order valence-corrected chi connectivity index (χ0v) is 15.3. The Bertz CT molecular complexity index is 1000. The Labute approximate surface area is 161 Å². The molecule has 0 aromatic carbocycles. The molecule has 0 spiro atoms. The Balaban J connectivity index is 1.49. The van der Waals surface area contributed by atoms with Crippen LogP contribution >= 0.6 is 0 Å². The van der Waals surface area contributed by atoms with Gasteiger partial charge in [-0.15, -0.1) is 0 Å². The lowest BCUT2D eigenvalue weighted by atomic mass is 10.1. The van der Waals surface area contributed by atoms with Gasteiger partial charge < -0.3 is 15.7 Å². The zero-order chi connectivity index (χ0) is 19.1. The van der Waals surface area contributed by atoms with Gasteiger partial charge in [-0.2, -0.15) is 5.10 Å². The SMILES string of the molecule is OCc1cc2ncc(-c3ccnc(N[C@H]4CNCC[C@@H]4F)n3)n2nc1C1CC1. The van der Waals surface area contributed by atoms with Crippen molar-refractivity contribution in [2.75, 3.05) is 18.4 Å². The smallest absolute Gasteiger partial charge is 0.223 e. The molecule has 28 heavy (non-hydrogen) atoms. The van der Waals surface area contributed by atoms with Crippen LogP contribution in [0.3, 0.4) is 0 Å². The van der Waals surface area contributed by atoms with Crippen molar-refractivity contribution in [1.82, 2.24) is 29.9 Å². The molecule has 1 saturated heterocycles. The number of halogens is 1. The van der Waals surface area contributed by atoms with Crippen molar-refractivity contribution in [3.05, 3.63) is 35.8 Å². The van der Waals surface area contributed by atoms with Gasteiger partial charge >= 0.3 is 0 Å². The van der Waals surface area contributed by atoms with Crippen LogP contribution in [0.5, 0.6) is 0 Å². The molecule has 1 aliphatic carbocycles. The fourth-order valence-electron chi connectivity index (χ4n) is 3.67. The number of alkyl halides is 1. The summed E-state index contributed by atoms with van der Waals surface area (Å²) in [6.45, 7) is 1.19. The van der Waals surface area contributed by atoms with E-state index in [0.29, 0.717) is 42.7 Å². The van der Waals surface area contributed by atoms with Gasteiger partial charge in [0.05, 0.1) is 30.2 Å². The highest BCUT2D eigenvalue weighted by Gasteiger charge is 2.29. The molecule has 4 heterocycles. The van der Waals surface area contributed by atoms with Crippen molar-refractivity contribution in [3.63, 3.8) is 0 Å². The molecule has 3 N–H and O–H groups in total. The highest BCUT2D eigenvalue weighted by molar-refractivity contribution is 5.61. The Morgan fingerprint density at radius 1 is 1.29 bits per heavy atom. The standard InChI is InChI=1S/C19H22FN7O/c20-13-3-5-21-8-15(13)25-19-22-6-4-14(24-19)16-9-23-17-7-12(10-28)18(11-1-2-11)26-27(16)17/h4,6-7,9,11,13,15,21,28H,1-3,5,8,10H2,(H,22,24,25)/t13-,15-/m0/s1. The second-order valence-electron chi connectivity index (χ2n) is 7.43. The number of fused-ring (bicyclic) bond motifs is 1. The lowest BCUT2D eigenvalue weighted by Gasteiger charge is -2.27. The number of aliphatic hydroxyl groups is 1. The largest absolute Gasteiger partial charge is 0.392 e. The van der Waals surface area contributed by atoms with E-state index in [1.807, 2.05) is 6.07 Å². The van der Waals surface area contributed by atoms with E-state index in [4.69, 9.17) is 5.10 Å². The molecule has 9 heteroatoms. The van der Waals surface area contributed by atoms with E-state index in [0.717, 1.165) is 29.8 Å². The summed E-state index contributed by atoms with van der Waals surface area (Å²) < 4.78 is 15.9. The Kier molecular flexibility index (Phi) is 4.40. The number of imidazole rings is 1. The van der Waals surface area contributed by atoms with E-state index in [1.54, 1.807) is 23.0 Å². The molecule has 3 aromatic rings. The highest BCUT2D eigenvalue weighted by Crippen LogP contribution is 2.40. The molecule has 0 radical (unpaired) electrons. The number of rotatable bonds is 5. The summed E-state index contributed by atoms with van der Waals surface area (Å²) in [4.78, 5) is 13.2. The van der Waals surface area contributed by atoms with Crippen LogP contribution in [0, 0.1) is 0 Å². The first-order chi connectivity index (χ1) is 13.7. The number of hydrogen-bond acceptors (Lipinski definition) is 7. The molecule has 1 saturated carbocycles. The van der Waals surface area contributed by atoms with Gasteiger partial charge in [0, 0.05) is 24.2 Å². The summed E-state index contributed by atoms with van der Waals surface area (Å²) in [5, 5.41) is 20.7. The summed E-state index contributed by atoms with van der Waals surface area (Å²) in [6, 6.07) is 3.32. The predicted molar refractivity (Wildman–Crippen MR) is 102 cm³/mol. The molecular formula is C19H22FN7O. The number of aromatic nitrogens is 5. The van der Waals surface area contributed by atoms with Gasteiger partial charge in [-0.05, 0) is 37.9 Å². The maximum absolute atomic E-state index is 14.1. The fourth-order valence-corrected chi connectivity index (χ4v) is 3.67. The summed E-state index contributed by atoms with van der Waals surface area (Å²) in [6.07, 6.45) is 5.10. The fraction of sp³-hybridized carbons (Fsp3) is 0.474. The monoisotopic (exact) mass is 383 g/mol. The minimum absolute atomic E-state index is 0.0427. The molecule has 3 aromatic heterocycles. The Morgan fingerprint density at radius 2 is 2.18 bits per heavy atom. The number of hydrogen-bond donors (Lipinski definition) is 3. The van der Waals surface area contributed by atoms with E-state index in [2.05, 4.69) is 25.6 Å².